The molecule has 5 rings (SSSR count). The Morgan fingerprint density at radius 3 is 2.53 bits per heavy atom. The van der Waals surface area contributed by atoms with Crippen LogP contribution in [0.15, 0.2) is 30.3 Å². The molecular formula is C27H39NO2. The Morgan fingerprint density at radius 1 is 0.967 bits per heavy atom. The number of carbonyl (C=O) groups is 1. The minimum atomic E-state index is -0.429. The van der Waals surface area contributed by atoms with Crippen molar-refractivity contribution in [2.45, 2.75) is 83.7 Å². The predicted octanol–water partition coefficient (Wildman–Crippen LogP) is 6.04. The average Bonchev–Trinajstić information content (AvgIpc) is 3.04. The summed E-state index contributed by atoms with van der Waals surface area (Å²) in [5.41, 5.74) is 0.821. The molecule has 4 aliphatic carbocycles. The Labute approximate surface area is 182 Å². The third-order valence-corrected chi connectivity index (χ3v) is 9.92. The van der Waals surface area contributed by atoms with E-state index in [2.05, 4.69) is 19.2 Å². The van der Waals surface area contributed by atoms with Gasteiger partial charge in [0.05, 0.1) is 5.60 Å². The number of rotatable bonds is 3. The fourth-order valence-electron chi connectivity index (χ4n) is 8.48. The first-order valence-electron chi connectivity index (χ1n) is 12.4. The van der Waals surface area contributed by atoms with Gasteiger partial charge in [-0.2, -0.15) is 0 Å². The van der Waals surface area contributed by atoms with Crippen LogP contribution in [0.4, 0.5) is 5.69 Å². The smallest absolute Gasteiger partial charge is 0.224 e. The molecule has 4 saturated carbocycles. The summed E-state index contributed by atoms with van der Waals surface area (Å²) < 4.78 is 0. The maximum atomic E-state index is 12.8. The van der Waals surface area contributed by atoms with Gasteiger partial charge in [-0.15, -0.1) is 0 Å². The second kappa shape index (κ2) is 7.65. The molecule has 0 aromatic heterocycles. The zero-order valence-corrected chi connectivity index (χ0v) is 18.8. The van der Waals surface area contributed by atoms with Crippen LogP contribution in [0.5, 0.6) is 0 Å². The maximum absolute atomic E-state index is 12.8. The molecule has 0 bridgehead atoms. The van der Waals surface area contributed by atoms with Crippen LogP contribution in [0.3, 0.4) is 0 Å². The molecule has 8 atom stereocenters. The van der Waals surface area contributed by atoms with Gasteiger partial charge < -0.3 is 10.4 Å². The highest BCUT2D eigenvalue weighted by Gasteiger charge is 2.57. The minimum absolute atomic E-state index is 0.188. The highest BCUT2D eigenvalue weighted by Crippen LogP contribution is 2.65. The van der Waals surface area contributed by atoms with Crippen LogP contribution in [0.1, 0.15) is 78.1 Å². The van der Waals surface area contributed by atoms with Crippen molar-refractivity contribution in [3.05, 3.63) is 30.3 Å². The van der Waals surface area contributed by atoms with Gasteiger partial charge in [0.2, 0.25) is 5.91 Å². The van der Waals surface area contributed by atoms with Gasteiger partial charge in [-0.25, -0.2) is 0 Å². The molecule has 164 valence electrons. The van der Waals surface area contributed by atoms with Gasteiger partial charge in [-0.3, -0.25) is 4.79 Å². The van der Waals surface area contributed by atoms with Crippen LogP contribution in [0.25, 0.3) is 0 Å². The summed E-state index contributed by atoms with van der Waals surface area (Å²) in [5, 5.41) is 13.7. The van der Waals surface area contributed by atoms with Crippen molar-refractivity contribution in [3.63, 3.8) is 0 Å². The molecule has 3 nitrogen and oxygen atoms in total. The van der Waals surface area contributed by atoms with E-state index in [9.17, 15) is 9.90 Å². The summed E-state index contributed by atoms with van der Waals surface area (Å²) in [7, 11) is 0. The first kappa shape index (κ1) is 20.5. The lowest BCUT2D eigenvalue weighted by atomic mass is 9.49. The Kier molecular flexibility index (Phi) is 5.24. The van der Waals surface area contributed by atoms with Crippen LogP contribution in [0.2, 0.25) is 0 Å². The quantitative estimate of drug-likeness (QED) is 0.640. The lowest BCUT2D eigenvalue weighted by Crippen LogP contribution is -2.50. The second-order valence-corrected chi connectivity index (χ2v) is 11.6. The highest BCUT2D eigenvalue weighted by molar-refractivity contribution is 5.90. The number of benzene rings is 1. The number of nitrogens with one attached hydrogen (secondary N) is 1. The van der Waals surface area contributed by atoms with E-state index in [4.69, 9.17) is 0 Å². The molecule has 4 aliphatic rings. The zero-order chi connectivity index (χ0) is 20.9. The molecule has 0 aliphatic heterocycles. The predicted molar refractivity (Wildman–Crippen MR) is 121 cm³/mol. The van der Waals surface area contributed by atoms with Gasteiger partial charge in [0.15, 0.2) is 0 Å². The maximum Gasteiger partial charge on any atom is 0.224 e. The van der Waals surface area contributed by atoms with Crippen LogP contribution >= 0.6 is 0 Å². The number of fused-ring (bicyclic) bond motifs is 5. The molecule has 2 N–H and O–H groups in total. The van der Waals surface area contributed by atoms with E-state index in [1.54, 1.807) is 0 Å². The van der Waals surface area contributed by atoms with Gasteiger partial charge in [-0.05, 0) is 118 Å². The van der Waals surface area contributed by atoms with Crippen molar-refractivity contribution in [2.75, 3.05) is 5.32 Å². The molecule has 3 heteroatoms. The van der Waals surface area contributed by atoms with Crippen LogP contribution in [-0.4, -0.2) is 16.6 Å². The normalized spacial score (nSPS) is 45.2. The van der Waals surface area contributed by atoms with Crippen molar-refractivity contribution in [2.24, 2.45) is 40.9 Å². The van der Waals surface area contributed by atoms with Crippen molar-refractivity contribution in [3.8, 4) is 0 Å². The van der Waals surface area contributed by atoms with Gasteiger partial charge in [0.1, 0.15) is 0 Å². The molecule has 0 radical (unpaired) electrons. The highest BCUT2D eigenvalue weighted by atomic mass is 16.3. The third-order valence-electron chi connectivity index (χ3n) is 9.92. The largest absolute Gasteiger partial charge is 0.390 e. The Hall–Kier alpha value is -1.35. The Morgan fingerprint density at radius 2 is 1.73 bits per heavy atom. The van der Waals surface area contributed by atoms with E-state index in [0.29, 0.717) is 17.8 Å². The van der Waals surface area contributed by atoms with E-state index in [0.717, 1.165) is 48.1 Å². The number of para-hydroxylation sites is 1. The van der Waals surface area contributed by atoms with Crippen molar-refractivity contribution in [1.82, 2.24) is 0 Å². The molecule has 4 fully saturated rings. The van der Waals surface area contributed by atoms with E-state index < -0.39 is 5.60 Å². The van der Waals surface area contributed by atoms with Crippen LogP contribution < -0.4 is 5.32 Å². The SMILES string of the molecule is C[C@@]1(O)CC[C@@H]2C3CC[C@]4(C)[C@@H](CC(=O)Nc5ccccc5)CC[C@H]4[C@@H]3CC[C@@H]2C1. The summed E-state index contributed by atoms with van der Waals surface area (Å²) in [6.45, 7) is 4.56. The summed E-state index contributed by atoms with van der Waals surface area (Å²) >= 11 is 0. The summed E-state index contributed by atoms with van der Waals surface area (Å²) in [6.07, 6.45) is 11.7. The minimum Gasteiger partial charge on any atom is -0.390 e. The third kappa shape index (κ3) is 3.61. The van der Waals surface area contributed by atoms with Gasteiger partial charge in [0.25, 0.3) is 0 Å². The number of carbonyl (C=O) groups excluding carboxylic acids is 1. The van der Waals surface area contributed by atoms with Crippen LogP contribution in [0, 0.1) is 40.9 Å². The fraction of sp³-hybridized carbons (Fsp3) is 0.741. The van der Waals surface area contributed by atoms with Crippen molar-refractivity contribution in [1.29, 1.82) is 0 Å². The number of hydrogen-bond acceptors (Lipinski definition) is 2. The second-order valence-electron chi connectivity index (χ2n) is 11.6. The topological polar surface area (TPSA) is 49.3 Å². The van der Waals surface area contributed by atoms with Crippen molar-refractivity contribution >= 4 is 11.6 Å². The summed E-state index contributed by atoms with van der Waals surface area (Å²) in [4.78, 5) is 12.8. The number of anilines is 1. The van der Waals surface area contributed by atoms with Gasteiger partial charge in [0, 0.05) is 12.1 Å². The van der Waals surface area contributed by atoms with E-state index in [1.165, 1.54) is 44.9 Å². The average molecular weight is 410 g/mol. The number of hydrogen-bond donors (Lipinski definition) is 2. The van der Waals surface area contributed by atoms with Gasteiger partial charge >= 0.3 is 0 Å². The molecule has 1 unspecified atom stereocenters. The molecule has 0 saturated heterocycles. The lowest BCUT2D eigenvalue weighted by Gasteiger charge is -2.57. The number of aliphatic hydroxyl groups is 1. The summed E-state index contributed by atoms with van der Waals surface area (Å²) in [6, 6.07) is 9.89. The molecule has 1 aromatic rings. The monoisotopic (exact) mass is 409 g/mol. The van der Waals surface area contributed by atoms with Gasteiger partial charge in [-0.1, -0.05) is 25.1 Å². The molecule has 1 amide bonds. The van der Waals surface area contributed by atoms with E-state index in [-0.39, 0.29) is 5.91 Å². The first-order chi connectivity index (χ1) is 14.4. The summed E-state index contributed by atoms with van der Waals surface area (Å²) in [5.74, 6) is 4.83. The Bertz CT molecular complexity index is 774. The molecule has 30 heavy (non-hydrogen) atoms. The van der Waals surface area contributed by atoms with Crippen LogP contribution in [-0.2, 0) is 4.79 Å². The van der Waals surface area contributed by atoms with E-state index >= 15 is 0 Å². The fourth-order valence-corrected chi connectivity index (χ4v) is 8.48. The van der Waals surface area contributed by atoms with E-state index in [1.807, 2.05) is 30.3 Å². The molecule has 0 heterocycles. The lowest BCUT2D eigenvalue weighted by molar-refractivity contribution is -0.120. The molecular weight excluding hydrogens is 370 g/mol. The Balaban J connectivity index is 1.26. The van der Waals surface area contributed by atoms with Crippen molar-refractivity contribution < 1.29 is 9.90 Å². The molecule has 1 aromatic carbocycles. The standard InChI is InChI=1S/C27H39NO2/c1-26(30)14-12-21-18(17-26)8-10-23-22(21)13-15-27(2)19(9-11-24(23)27)16-25(29)28-20-6-4-3-5-7-20/h3-7,18-19,21-24,30H,8-17H2,1-2H3,(H,28,29)/t18-,19-,21+,22?,23-,24+,26-,27-/m1/s1. The number of amides is 1. The molecule has 0 spiro atoms. The first-order valence-corrected chi connectivity index (χ1v) is 12.4. The zero-order valence-electron chi connectivity index (χ0n) is 18.8.